The number of ether oxygens (including phenoxy) is 5. The zero-order chi connectivity index (χ0) is 42.3. The number of rotatable bonds is 13. The van der Waals surface area contributed by atoms with Gasteiger partial charge in [-0.2, -0.15) is 0 Å². The Morgan fingerprint density at radius 2 is 1.05 bits per heavy atom. The van der Waals surface area contributed by atoms with Crippen molar-refractivity contribution >= 4 is 52.5 Å². The van der Waals surface area contributed by atoms with Crippen molar-refractivity contribution < 1.29 is 33.3 Å². The predicted octanol–water partition coefficient (Wildman–Crippen LogP) is 9.14. The molecule has 2 N–H and O–H groups in total. The highest BCUT2D eigenvalue weighted by Crippen LogP contribution is 2.44. The van der Waals surface area contributed by atoms with Crippen molar-refractivity contribution in [3.63, 3.8) is 0 Å². The summed E-state index contributed by atoms with van der Waals surface area (Å²) in [6.07, 6.45) is 9.53. The summed E-state index contributed by atoms with van der Waals surface area (Å²) in [5.74, 6) is 2.44. The second-order valence-corrected chi connectivity index (χ2v) is 17.3. The van der Waals surface area contributed by atoms with Crippen LogP contribution in [0.15, 0.2) is 95.2 Å². The maximum absolute atomic E-state index is 13.9. The van der Waals surface area contributed by atoms with Gasteiger partial charge in [0.1, 0.15) is 5.75 Å². The maximum atomic E-state index is 13.9. The maximum Gasteiger partial charge on any atom is 0.260 e. The number of hydrogen-bond acceptors (Lipinski definition) is 10. The lowest BCUT2D eigenvalue weighted by Crippen LogP contribution is -2.33. The van der Waals surface area contributed by atoms with Gasteiger partial charge in [0.2, 0.25) is 0 Å². The van der Waals surface area contributed by atoms with Gasteiger partial charge in [-0.1, -0.05) is 52.0 Å². The topological polar surface area (TPSA) is 138 Å². The Balaban J connectivity index is 0.918. The van der Waals surface area contributed by atoms with E-state index >= 15 is 0 Å². The molecule has 0 aliphatic carbocycles. The molecule has 0 bridgehead atoms. The standard InChI is InChI=1S/C48H51N5O7/c1-47(2,27-59-43-20-39-37(18-41(43)57-6)45(54)52-24-31(16-34(52)22-50-39)29-8-12-33(49)13-9-29)26-48(3,4)28-60-44-21-40-38(19-42(44)58-7)46(55)53-25-32(17-35(53)23-51-40)30-10-14-36(56-5)15-11-30/h8-15,18-25,34-35H,16-17,26-28,49H2,1-7H3/t34?,35-/m0/s1. The third kappa shape index (κ3) is 8.06. The highest BCUT2D eigenvalue weighted by molar-refractivity contribution is 6.06. The quantitative estimate of drug-likeness (QED) is 0.132. The van der Waals surface area contributed by atoms with Crippen LogP contribution in [-0.2, 0) is 0 Å². The van der Waals surface area contributed by atoms with E-state index in [0.717, 1.165) is 34.4 Å². The fourth-order valence-corrected chi connectivity index (χ4v) is 8.59. The third-order valence-electron chi connectivity index (χ3n) is 11.4. The summed E-state index contributed by atoms with van der Waals surface area (Å²) in [6.45, 7) is 9.34. The molecule has 12 nitrogen and oxygen atoms in total. The van der Waals surface area contributed by atoms with Crippen LogP contribution in [0.4, 0.5) is 17.1 Å². The Bertz CT molecular complexity index is 2450. The van der Waals surface area contributed by atoms with Crippen molar-refractivity contribution in [3.8, 4) is 28.7 Å². The van der Waals surface area contributed by atoms with Gasteiger partial charge in [0.15, 0.2) is 23.0 Å². The summed E-state index contributed by atoms with van der Waals surface area (Å²) >= 11 is 0. The summed E-state index contributed by atoms with van der Waals surface area (Å²) in [5, 5.41) is 0. The number of aliphatic imine (C=N–C) groups is 2. The van der Waals surface area contributed by atoms with Crippen LogP contribution in [0.2, 0.25) is 0 Å². The van der Waals surface area contributed by atoms with E-state index in [4.69, 9.17) is 39.4 Å². The van der Waals surface area contributed by atoms with Crippen LogP contribution < -0.4 is 29.4 Å². The molecule has 0 aromatic heterocycles. The lowest BCUT2D eigenvalue weighted by Gasteiger charge is -2.35. The van der Waals surface area contributed by atoms with Crippen LogP contribution in [0.1, 0.15) is 78.8 Å². The summed E-state index contributed by atoms with van der Waals surface area (Å²) in [5.41, 5.74) is 12.1. The number of fused-ring (bicyclic) bond motifs is 4. The van der Waals surface area contributed by atoms with Crippen molar-refractivity contribution in [2.24, 2.45) is 20.8 Å². The predicted molar refractivity (Wildman–Crippen MR) is 234 cm³/mol. The van der Waals surface area contributed by atoms with Gasteiger partial charge in [-0.15, -0.1) is 0 Å². The molecule has 1 unspecified atom stereocenters. The zero-order valence-electron chi connectivity index (χ0n) is 35.2. The highest BCUT2D eigenvalue weighted by Gasteiger charge is 2.36. The van der Waals surface area contributed by atoms with E-state index in [1.807, 2.05) is 73.4 Å². The molecule has 0 radical (unpaired) electrons. The van der Waals surface area contributed by atoms with Crippen molar-refractivity contribution in [3.05, 3.63) is 107 Å². The molecule has 0 saturated heterocycles. The van der Waals surface area contributed by atoms with Gasteiger partial charge in [-0.3, -0.25) is 19.6 Å². The second kappa shape index (κ2) is 15.9. The van der Waals surface area contributed by atoms with E-state index in [0.29, 0.717) is 77.2 Å². The first-order valence-corrected chi connectivity index (χ1v) is 20.1. The fraction of sp³-hybridized carbons (Fsp3) is 0.333. The zero-order valence-corrected chi connectivity index (χ0v) is 35.2. The van der Waals surface area contributed by atoms with E-state index in [9.17, 15) is 9.59 Å². The van der Waals surface area contributed by atoms with Gasteiger partial charge in [0.25, 0.3) is 11.8 Å². The Kier molecular flexibility index (Phi) is 10.7. The van der Waals surface area contributed by atoms with Gasteiger partial charge in [-0.05, 0) is 75.9 Å². The molecule has 4 heterocycles. The Hall–Kier alpha value is -6.56. The molecule has 4 aromatic carbocycles. The number of amides is 2. The molecule has 0 saturated carbocycles. The van der Waals surface area contributed by atoms with Crippen molar-refractivity contribution in [1.82, 2.24) is 9.80 Å². The molecule has 4 aliphatic rings. The van der Waals surface area contributed by atoms with Crippen LogP contribution in [0.5, 0.6) is 28.7 Å². The van der Waals surface area contributed by atoms with E-state index < -0.39 is 0 Å². The first-order chi connectivity index (χ1) is 28.7. The smallest absolute Gasteiger partial charge is 0.260 e. The molecule has 2 atom stereocenters. The third-order valence-corrected chi connectivity index (χ3v) is 11.4. The monoisotopic (exact) mass is 809 g/mol. The minimum atomic E-state index is -0.297. The summed E-state index contributed by atoms with van der Waals surface area (Å²) in [7, 11) is 4.78. The Morgan fingerprint density at radius 3 is 1.47 bits per heavy atom. The molecule has 0 fully saturated rings. The van der Waals surface area contributed by atoms with Crippen LogP contribution >= 0.6 is 0 Å². The van der Waals surface area contributed by atoms with Crippen molar-refractivity contribution in [2.75, 3.05) is 40.3 Å². The first kappa shape index (κ1) is 40.2. The first-order valence-electron chi connectivity index (χ1n) is 20.1. The van der Waals surface area contributed by atoms with Gasteiger partial charge in [0.05, 0.1) is 69.1 Å². The SMILES string of the molecule is COc1ccc(C2=CN3C(=O)c4cc(OC)c(OCC(C)(C)CC(C)(C)COc5cc6c(cc5OC)C(=O)N5C=C(c7ccc(N)cc7)CC5C=N6)cc4N=C[C@@H]3C2)cc1. The van der Waals surface area contributed by atoms with Gasteiger partial charge < -0.3 is 39.2 Å². The molecule has 310 valence electrons. The molecule has 2 amide bonds. The van der Waals surface area contributed by atoms with Crippen LogP contribution in [0, 0.1) is 10.8 Å². The molecule has 4 aliphatic heterocycles. The van der Waals surface area contributed by atoms with E-state index in [1.54, 1.807) is 55.4 Å². The van der Waals surface area contributed by atoms with Gasteiger partial charge in [-0.25, -0.2) is 0 Å². The minimum Gasteiger partial charge on any atom is -0.497 e. The molecular formula is C48H51N5O7. The molecule has 0 spiro atoms. The Labute approximate surface area is 350 Å². The average molecular weight is 810 g/mol. The lowest BCUT2D eigenvalue weighted by molar-refractivity contribution is 0.0789. The second-order valence-electron chi connectivity index (χ2n) is 17.3. The lowest BCUT2D eigenvalue weighted by atomic mass is 9.76. The van der Waals surface area contributed by atoms with Crippen molar-refractivity contribution in [1.29, 1.82) is 0 Å². The number of hydrogen-bond donors (Lipinski definition) is 1. The van der Waals surface area contributed by atoms with Crippen LogP contribution in [0.3, 0.4) is 0 Å². The van der Waals surface area contributed by atoms with Crippen LogP contribution in [-0.4, -0.2) is 80.7 Å². The summed E-state index contributed by atoms with van der Waals surface area (Å²) in [6, 6.07) is 22.1. The van der Waals surface area contributed by atoms with Gasteiger partial charge >= 0.3 is 0 Å². The van der Waals surface area contributed by atoms with Crippen LogP contribution in [0.25, 0.3) is 11.1 Å². The summed E-state index contributed by atoms with van der Waals surface area (Å²) in [4.78, 5) is 40.8. The largest absolute Gasteiger partial charge is 0.497 e. The number of methoxy groups -OCH3 is 3. The molecule has 4 aromatic rings. The number of anilines is 1. The minimum absolute atomic E-state index is 0.144. The van der Waals surface area contributed by atoms with Crippen molar-refractivity contribution in [2.45, 2.75) is 59.0 Å². The van der Waals surface area contributed by atoms with E-state index in [1.165, 1.54) is 0 Å². The average Bonchev–Trinajstić information content (AvgIpc) is 3.82. The normalized spacial score (nSPS) is 18.1. The number of nitrogens with zero attached hydrogens (tertiary/aromatic N) is 4. The molecule has 12 heteroatoms. The summed E-state index contributed by atoms with van der Waals surface area (Å²) < 4.78 is 29.7. The number of carbonyl (C=O) groups is 2. The van der Waals surface area contributed by atoms with E-state index in [2.05, 4.69) is 27.7 Å². The Morgan fingerprint density at radius 1 is 0.617 bits per heavy atom. The molecule has 8 rings (SSSR count). The highest BCUT2D eigenvalue weighted by atomic mass is 16.5. The number of carbonyl (C=O) groups excluding carboxylic acids is 2. The number of nitrogen functional groups attached to an aromatic ring is 1. The van der Waals surface area contributed by atoms with E-state index in [-0.39, 0.29) is 34.7 Å². The fourth-order valence-electron chi connectivity index (χ4n) is 8.59. The molecule has 60 heavy (non-hydrogen) atoms. The number of benzene rings is 4. The van der Waals surface area contributed by atoms with Gasteiger partial charge in [0, 0.05) is 55.5 Å². The molecular weight excluding hydrogens is 759 g/mol. The number of nitrogens with two attached hydrogens (primary N) is 1.